The summed E-state index contributed by atoms with van der Waals surface area (Å²) >= 11 is 0. The first-order valence-electron chi connectivity index (χ1n) is 7.13. The minimum Gasteiger partial charge on any atom is -0.327 e. The van der Waals surface area contributed by atoms with Crippen LogP contribution >= 0.6 is 0 Å². The fraction of sp³-hybridized carbons (Fsp3) is 0.688. The van der Waals surface area contributed by atoms with E-state index in [0.29, 0.717) is 12.0 Å². The molecule has 0 aliphatic heterocycles. The molecule has 0 aromatic carbocycles. The molecular formula is C16H26N2. The van der Waals surface area contributed by atoms with Crippen molar-refractivity contribution in [2.24, 2.45) is 23.0 Å². The molecule has 0 radical (unpaired) electrons. The fourth-order valence-corrected chi connectivity index (χ4v) is 3.56. The Morgan fingerprint density at radius 2 is 2.17 bits per heavy atom. The molecule has 1 aromatic rings. The maximum absolute atomic E-state index is 6.39. The number of hydrogen-bond donors (Lipinski definition) is 1. The molecule has 1 aliphatic carbocycles. The van der Waals surface area contributed by atoms with Crippen molar-refractivity contribution in [3.8, 4) is 0 Å². The quantitative estimate of drug-likeness (QED) is 0.887. The van der Waals surface area contributed by atoms with Crippen molar-refractivity contribution in [3.05, 3.63) is 30.1 Å². The number of nitrogens with two attached hydrogens (primary N) is 1. The van der Waals surface area contributed by atoms with E-state index in [2.05, 4.69) is 31.8 Å². The van der Waals surface area contributed by atoms with Gasteiger partial charge in [-0.25, -0.2) is 0 Å². The summed E-state index contributed by atoms with van der Waals surface area (Å²) in [5.74, 6) is 1.43. The summed E-state index contributed by atoms with van der Waals surface area (Å²) in [4.78, 5) is 4.21. The lowest BCUT2D eigenvalue weighted by molar-refractivity contribution is 0.113. The lowest BCUT2D eigenvalue weighted by Crippen LogP contribution is -2.44. The number of nitrogens with zero attached hydrogens (tertiary/aromatic N) is 1. The van der Waals surface area contributed by atoms with Crippen molar-refractivity contribution in [2.75, 3.05) is 0 Å². The SMILES string of the molecule is CC1CCC(C(C)(C)Cc2cccnc2)C(N)C1. The predicted octanol–water partition coefficient (Wildman–Crippen LogP) is 3.41. The van der Waals surface area contributed by atoms with Gasteiger partial charge in [-0.1, -0.05) is 33.3 Å². The maximum atomic E-state index is 6.39. The molecule has 1 aromatic heterocycles. The molecule has 2 N–H and O–H groups in total. The molecule has 0 spiro atoms. The van der Waals surface area contributed by atoms with Gasteiger partial charge in [-0.2, -0.15) is 0 Å². The number of pyridine rings is 1. The van der Waals surface area contributed by atoms with E-state index in [-0.39, 0.29) is 5.41 Å². The smallest absolute Gasteiger partial charge is 0.0300 e. The number of hydrogen-bond acceptors (Lipinski definition) is 2. The van der Waals surface area contributed by atoms with E-state index in [0.717, 1.165) is 12.3 Å². The van der Waals surface area contributed by atoms with Gasteiger partial charge in [0.1, 0.15) is 0 Å². The molecule has 100 valence electrons. The maximum Gasteiger partial charge on any atom is 0.0300 e. The molecule has 0 amide bonds. The molecule has 3 unspecified atom stereocenters. The van der Waals surface area contributed by atoms with Crippen LogP contribution in [0.4, 0.5) is 0 Å². The molecule has 2 heteroatoms. The van der Waals surface area contributed by atoms with E-state index in [1.165, 1.54) is 24.8 Å². The third kappa shape index (κ3) is 3.11. The lowest BCUT2D eigenvalue weighted by Gasteiger charge is -2.43. The van der Waals surface area contributed by atoms with Gasteiger partial charge in [0, 0.05) is 18.4 Å². The molecular weight excluding hydrogens is 220 g/mol. The van der Waals surface area contributed by atoms with Crippen LogP contribution in [0.15, 0.2) is 24.5 Å². The van der Waals surface area contributed by atoms with E-state index in [1.807, 2.05) is 18.5 Å². The summed E-state index contributed by atoms with van der Waals surface area (Å²) in [6.45, 7) is 7.05. The second-order valence-electron chi connectivity index (χ2n) is 6.72. The van der Waals surface area contributed by atoms with Crippen LogP contribution in [0.5, 0.6) is 0 Å². The predicted molar refractivity (Wildman–Crippen MR) is 76.2 cm³/mol. The Morgan fingerprint density at radius 1 is 1.39 bits per heavy atom. The van der Waals surface area contributed by atoms with Crippen LogP contribution in [-0.2, 0) is 6.42 Å². The standard InChI is InChI=1S/C16H26N2/c1-12-6-7-14(15(17)9-12)16(2,3)10-13-5-4-8-18-11-13/h4-5,8,11-12,14-15H,6-7,9-10,17H2,1-3H3. The van der Waals surface area contributed by atoms with Crippen molar-refractivity contribution in [3.63, 3.8) is 0 Å². The van der Waals surface area contributed by atoms with E-state index < -0.39 is 0 Å². The fourth-order valence-electron chi connectivity index (χ4n) is 3.56. The molecule has 2 nitrogen and oxygen atoms in total. The summed E-state index contributed by atoms with van der Waals surface area (Å²) in [7, 11) is 0. The average Bonchev–Trinajstić information content (AvgIpc) is 2.29. The minimum atomic E-state index is 0.266. The molecule has 18 heavy (non-hydrogen) atoms. The van der Waals surface area contributed by atoms with Crippen LogP contribution in [0.1, 0.15) is 45.6 Å². The van der Waals surface area contributed by atoms with Crippen molar-refractivity contribution in [1.82, 2.24) is 4.98 Å². The second-order valence-corrected chi connectivity index (χ2v) is 6.72. The average molecular weight is 246 g/mol. The molecule has 0 bridgehead atoms. The molecule has 1 saturated carbocycles. The minimum absolute atomic E-state index is 0.266. The first-order chi connectivity index (χ1) is 8.49. The van der Waals surface area contributed by atoms with Crippen LogP contribution in [-0.4, -0.2) is 11.0 Å². The number of aromatic nitrogens is 1. The highest BCUT2D eigenvalue weighted by molar-refractivity contribution is 5.11. The highest BCUT2D eigenvalue weighted by Gasteiger charge is 2.37. The van der Waals surface area contributed by atoms with Crippen molar-refractivity contribution < 1.29 is 0 Å². The third-order valence-electron chi connectivity index (χ3n) is 4.55. The second kappa shape index (κ2) is 5.40. The van der Waals surface area contributed by atoms with E-state index in [1.54, 1.807) is 0 Å². The van der Waals surface area contributed by atoms with Crippen molar-refractivity contribution in [1.29, 1.82) is 0 Å². The van der Waals surface area contributed by atoms with Crippen LogP contribution in [0.3, 0.4) is 0 Å². The van der Waals surface area contributed by atoms with Crippen molar-refractivity contribution in [2.45, 2.75) is 52.5 Å². The topological polar surface area (TPSA) is 38.9 Å². The first-order valence-corrected chi connectivity index (χ1v) is 7.13. The highest BCUT2D eigenvalue weighted by atomic mass is 14.7. The zero-order chi connectivity index (χ0) is 13.2. The third-order valence-corrected chi connectivity index (χ3v) is 4.55. The monoisotopic (exact) mass is 246 g/mol. The summed E-state index contributed by atoms with van der Waals surface area (Å²) in [5.41, 5.74) is 7.99. The molecule has 3 atom stereocenters. The van der Waals surface area contributed by atoms with E-state index in [4.69, 9.17) is 5.73 Å². The molecule has 1 aliphatic rings. The van der Waals surface area contributed by atoms with Crippen LogP contribution in [0.25, 0.3) is 0 Å². The lowest BCUT2D eigenvalue weighted by atomic mass is 9.64. The molecule has 2 rings (SSSR count). The van der Waals surface area contributed by atoms with Crippen molar-refractivity contribution >= 4 is 0 Å². The van der Waals surface area contributed by atoms with Gasteiger partial charge in [0.05, 0.1) is 0 Å². The summed E-state index contributed by atoms with van der Waals surface area (Å²) in [6, 6.07) is 4.56. The largest absolute Gasteiger partial charge is 0.327 e. The van der Waals surface area contributed by atoms with Crippen LogP contribution in [0, 0.1) is 17.3 Å². The van der Waals surface area contributed by atoms with Gasteiger partial charge in [-0.05, 0) is 48.1 Å². The van der Waals surface area contributed by atoms with Gasteiger partial charge in [-0.3, -0.25) is 4.98 Å². The summed E-state index contributed by atoms with van der Waals surface area (Å²) in [5, 5.41) is 0. The van der Waals surface area contributed by atoms with Gasteiger partial charge in [0.25, 0.3) is 0 Å². The molecule has 1 fully saturated rings. The Bertz CT molecular complexity index is 372. The normalized spacial score (nSPS) is 29.2. The summed E-state index contributed by atoms with van der Waals surface area (Å²) in [6.07, 6.45) is 8.68. The Labute approximate surface area is 111 Å². The Kier molecular flexibility index (Phi) is 4.06. The van der Waals surface area contributed by atoms with Gasteiger partial charge < -0.3 is 5.73 Å². The van der Waals surface area contributed by atoms with Gasteiger partial charge >= 0.3 is 0 Å². The Hall–Kier alpha value is -0.890. The van der Waals surface area contributed by atoms with Gasteiger partial charge in [0.15, 0.2) is 0 Å². The molecule has 1 heterocycles. The first kappa shape index (κ1) is 13.5. The zero-order valence-electron chi connectivity index (χ0n) is 11.9. The van der Waals surface area contributed by atoms with E-state index >= 15 is 0 Å². The van der Waals surface area contributed by atoms with Crippen LogP contribution < -0.4 is 5.73 Å². The highest BCUT2D eigenvalue weighted by Crippen LogP contribution is 2.41. The number of rotatable bonds is 3. The zero-order valence-corrected chi connectivity index (χ0v) is 11.9. The van der Waals surface area contributed by atoms with Gasteiger partial charge in [0.2, 0.25) is 0 Å². The summed E-state index contributed by atoms with van der Waals surface area (Å²) < 4.78 is 0. The Balaban J connectivity index is 2.06. The molecule has 0 saturated heterocycles. The van der Waals surface area contributed by atoms with Gasteiger partial charge in [-0.15, -0.1) is 0 Å². The Morgan fingerprint density at radius 3 is 2.78 bits per heavy atom. The van der Waals surface area contributed by atoms with E-state index in [9.17, 15) is 0 Å². The van der Waals surface area contributed by atoms with Crippen LogP contribution in [0.2, 0.25) is 0 Å².